The zero-order valence-corrected chi connectivity index (χ0v) is 10.2. The van der Waals surface area contributed by atoms with E-state index in [9.17, 15) is 21.6 Å². The molecular weight excluding hydrogens is 257 g/mol. The highest BCUT2D eigenvalue weighted by molar-refractivity contribution is 7.87. The lowest BCUT2D eigenvalue weighted by atomic mass is 10.1. The van der Waals surface area contributed by atoms with Crippen LogP contribution in [0.1, 0.15) is 25.7 Å². The van der Waals surface area contributed by atoms with Gasteiger partial charge in [0.05, 0.1) is 7.11 Å². The molecule has 1 aliphatic carbocycles. The van der Waals surface area contributed by atoms with Crippen molar-refractivity contribution in [3.8, 4) is 0 Å². The normalized spacial score (nSPS) is 16.7. The summed E-state index contributed by atoms with van der Waals surface area (Å²) in [6.45, 7) is 0. The molecule has 0 atom stereocenters. The van der Waals surface area contributed by atoms with Gasteiger partial charge in [-0.25, -0.2) is 0 Å². The Balaban J connectivity index is 0.000000302. The number of halogens is 3. The predicted molar refractivity (Wildman–Crippen MR) is 58.7 cm³/mol. The summed E-state index contributed by atoms with van der Waals surface area (Å²) in [4.78, 5) is 0. The minimum atomic E-state index is -5.34. The molecule has 0 aromatic rings. The van der Waals surface area contributed by atoms with Gasteiger partial charge in [0.25, 0.3) is 0 Å². The van der Waals surface area contributed by atoms with Crippen LogP contribution in [0.25, 0.3) is 0 Å². The quantitative estimate of drug-likeness (QED) is 0.418. The molecule has 0 amide bonds. The van der Waals surface area contributed by atoms with Crippen molar-refractivity contribution in [3.63, 3.8) is 0 Å². The SMILES string of the molecule is C1=CCCC=CCC1.COS(=O)(=O)C(F)(F)F. The maximum absolute atomic E-state index is 11.1. The first-order valence-corrected chi connectivity index (χ1v) is 6.39. The summed E-state index contributed by atoms with van der Waals surface area (Å²) < 4.78 is 55.9. The molecule has 0 heterocycles. The Bertz CT molecular complexity index is 329. The van der Waals surface area contributed by atoms with Crippen LogP contribution in [0.15, 0.2) is 24.3 Å². The van der Waals surface area contributed by atoms with Crippen molar-refractivity contribution in [2.24, 2.45) is 0 Å². The van der Waals surface area contributed by atoms with Crippen LogP contribution in [-0.2, 0) is 14.3 Å². The van der Waals surface area contributed by atoms with Gasteiger partial charge in [0.15, 0.2) is 0 Å². The fourth-order valence-corrected chi connectivity index (χ4v) is 1.14. The Labute approximate surface area is 99.1 Å². The van der Waals surface area contributed by atoms with Crippen LogP contribution in [0.3, 0.4) is 0 Å². The lowest BCUT2D eigenvalue weighted by molar-refractivity contribution is -0.0526. The molecule has 0 saturated heterocycles. The molecule has 17 heavy (non-hydrogen) atoms. The summed E-state index contributed by atoms with van der Waals surface area (Å²) in [5.41, 5.74) is -5.30. The fraction of sp³-hybridized carbons (Fsp3) is 0.600. The Kier molecular flexibility index (Phi) is 7.13. The van der Waals surface area contributed by atoms with Crippen LogP contribution in [0.5, 0.6) is 0 Å². The molecule has 0 aromatic heterocycles. The Morgan fingerprint density at radius 3 is 1.35 bits per heavy atom. The van der Waals surface area contributed by atoms with Crippen molar-refractivity contribution < 1.29 is 25.8 Å². The number of allylic oxidation sites excluding steroid dienone is 4. The smallest absolute Gasteiger partial charge is 0.267 e. The van der Waals surface area contributed by atoms with Crippen LogP contribution >= 0.6 is 0 Å². The Hall–Kier alpha value is -0.820. The van der Waals surface area contributed by atoms with E-state index in [1.807, 2.05) is 0 Å². The molecule has 0 spiro atoms. The third kappa shape index (κ3) is 7.17. The van der Waals surface area contributed by atoms with E-state index in [0.717, 1.165) is 0 Å². The summed E-state index contributed by atoms with van der Waals surface area (Å²) in [5.74, 6) is 0. The highest BCUT2D eigenvalue weighted by atomic mass is 32.2. The van der Waals surface area contributed by atoms with Crippen molar-refractivity contribution in [2.45, 2.75) is 31.2 Å². The first-order chi connectivity index (χ1) is 7.81. The molecular formula is C10H15F3O3S. The Morgan fingerprint density at radius 2 is 1.24 bits per heavy atom. The maximum atomic E-state index is 11.1. The van der Waals surface area contributed by atoms with Gasteiger partial charge < -0.3 is 0 Å². The highest BCUT2D eigenvalue weighted by Gasteiger charge is 2.46. The van der Waals surface area contributed by atoms with Crippen LogP contribution in [0.2, 0.25) is 0 Å². The second-order valence-corrected chi connectivity index (χ2v) is 4.87. The minimum Gasteiger partial charge on any atom is -0.267 e. The summed E-state index contributed by atoms with van der Waals surface area (Å²) >= 11 is 0. The van der Waals surface area contributed by atoms with Gasteiger partial charge in [-0.1, -0.05) is 24.3 Å². The third-order valence-electron chi connectivity index (χ3n) is 1.84. The van der Waals surface area contributed by atoms with Crippen LogP contribution in [0.4, 0.5) is 13.2 Å². The lowest BCUT2D eigenvalue weighted by Gasteiger charge is -2.02. The van der Waals surface area contributed by atoms with E-state index in [1.165, 1.54) is 25.7 Å². The van der Waals surface area contributed by atoms with E-state index in [-0.39, 0.29) is 0 Å². The lowest BCUT2D eigenvalue weighted by Crippen LogP contribution is -2.23. The van der Waals surface area contributed by atoms with Gasteiger partial charge in [0.1, 0.15) is 0 Å². The van der Waals surface area contributed by atoms with Crippen molar-refractivity contribution in [1.29, 1.82) is 0 Å². The molecule has 0 aromatic carbocycles. The van der Waals surface area contributed by atoms with Crippen LogP contribution in [-0.4, -0.2) is 21.0 Å². The predicted octanol–water partition coefficient (Wildman–Crippen LogP) is 3.16. The number of hydrogen-bond acceptors (Lipinski definition) is 3. The summed E-state index contributed by atoms with van der Waals surface area (Å²) in [7, 11) is -4.89. The van der Waals surface area contributed by atoms with E-state index in [4.69, 9.17) is 0 Å². The zero-order chi connectivity index (χ0) is 13.4. The molecule has 0 aliphatic heterocycles. The summed E-state index contributed by atoms with van der Waals surface area (Å²) in [6, 6.07) is 0. The fourth-order valence-electron chi connectivity index (χ4n) is 0.951. The molecule has 1 aliphatic rings. The van der Waals surface area contributed by atoms with E-state index in [2.05, 4.69) is 28.5 Å². The monoisotopic (exact) mass is 272 g/mol. The van der Waals surface area contributed by atoms with Gasteiger partial charge in [-0.2, -0.15) is 21.6 Å². The second kappa shape index (κ2) is 7.50. The van der Waals surface area contributed by atoms with Gasteiger partial charge in [0.2, 0.25) is 0 Å². The van der Waals surface area contributed by atoms with Crippen LogP contribution in [0, 0.1) is 0 Å². The average molecular weight is 272 g/mol. The first-order valence-electron chi connectivity index (χ1n) is 4.98. The molecule has 0 unspecified atom stereocenters. The van der Waals surface area contributed by atoms with Crippen molar-refractivity contribution in [2.75, 3.05) is 7.11 Å². The van der Waals surface area contributed by atoms with Gasteiger partial charge in [0, 0.05) is 0 Å². The second-order valence-electron chi connectivity index (χ2n) is 3.16. The number of alkyl halides is 3. The number of rotatable bonds is 1. The molecule has 7 heteroatoms. The Morgan fingerprint density at radius 1 is 0.941 bits per heavy atom. The molecule has 3 nitrogen and oxygen atoms in total. The third-order valence-corrected chi connectivity index (χ3v) is 2.84. The van der Waals surface area contributed by atoms with Crippen molar-refractivity contribution in [3.05, 3.63) is 24.3 Å². The molecule has 0 radical (unpaired) electrons. The summed E-state index contributed by atoms with van der Waals surface area (Å²) in [5, 5.41) is 0. The molecule has 0 saturated carbocycles. The van der Waals surface area contributed by atoms with Crippen molar-refractivity contribution >= 4 is 10.1 Å². The minimum absolute atomic E-state index is 0.447. The van der Waals surface area contributed by atoms with Gasteiger partial charge in [-0.3, -0.25) is 4.18 Å². The van der Waals surface area contributed by atoms with Gasteiger partial charge in [-0.05, 0) is 25.7 Å². The summed E-state index contributed by atoms with van der Waals surface area (Å²) in [6.07, 6.45) is 14.0. The highest BCUT2D eigenvalue weighted by Crippen LogP contribution is 2.23. The maximum Gasteiger partial charge on any atom is 0.523 e. The van der Waals surface area contributed by atoms with E-state index < -0.39 is 15.6 Å². The largest absolute Gasteiger partial charge is 0.523 e. The average Bonchev–Trinajstić information content (AvgIpc) is 2.15. The molecule has 100 valence electrons. The van der Waals surface area contributed by atoms with E-state index in [1.54, 1.807) is 0 Å². The standard InChI is InChI=1S/C8H12.C2H3F3O3S/c1-2-4-6-8-7-5-3-1;1-8-9(6,7)2(3,4)5/h1-2,7-8H,3-6H2;1H3. The van der Waals surface area contributed by atoms with Gasteiger partial charge >= 0.3 is 15.6 Å². The zero-order valence-electron chi connectivity index (χ0n) is 9.40. The molecule has 1 rings (SSSR count). The van der Waals surface area contributed by atoms with Crippen molar-refractivity contribution in [1.82, 2.24) is 0 Å². The van der Waals surface area contributed by atoms with Crippen LogP contribution < -0.4 is 0 Å². The molecule has 0 N–H and O–H groups in total. The molecule has 0 bridgehead atoms. The molecule has 0 fully saturated rings. The van der Waals surface area contributed by atoms with E-state index in [0.29, 0.717) is 7.11 Å². The topological polar surface area (TPSA) is 43.4 Å². The van der Waals surface area contributed by atoms with E-state index >= 15 is 0 Å². The number of hydrogen-bond donors (Lipinski definition) is 0. The van der Waals surface area contributed by atoms with Gasteiger partial charge in [-0.15, -0.1) is 0 Å². The first kappa shape index (κ1) is 16.2.